The largest absolute Gasteiger partial charge is 0.465 e. The van der Waals surface area contributed by atoms with Crippen molar-refractivity contribution in [3.8, 4) is 0 Å². The molecule has 0 aromatic carbocycles. The predicted molar refractivity (Wildman–Crippen MR) is 97.3 cm³/mol. The molecule has 4 heteroatoms. The zero-order valence-corrected chi connectivity index (χ0v) is 16.2. The van der Waals surface area contributed by atoms with Crippen LogP contribution in [-0.4, -0.2) is 24.1 Å². The second-order valence-electron chi connectivity index (χ2n) is 9.30. The summed E-state index contributed by atoms with van der Waals surface area (Å²) >= 11 is 0. The van der Waals surface area contributed by atoms with E-state index in [0.29, 0.717) is 36.6 Å². The molecule has 26 heavy (non-hydrogen) atoms. The fourth-order valence-corrected chi connectivity index (χ4v) is 7.02. The van der Waals surface area contributed by atoms with E-state index >= 15 is 0 Å². The van der Waals surface area contributed by atoms with Crippen LogP contribution >= 0.6 is 0 Å². The molecular weight excluding hydrogens is 328 g/mol. The number of carbonyl (C=O) groups is 3. The maximum Gasteiger partial charge on any atom is 0.302 e. The Morgan fingerprint density at radius 2 is 1.85 bits per heavy atom. The fraction of sp³-hybridized carbons (Fsp3) is 0.773. The average Bonchev–Trinajstić information content (AvgIpc) is 2.92. The van der Waals surface area contributed by atoms with E-state index in [2.05, 4.69) is 6.92 Å². The highest BCUT2D eigenvalue weighted by Gasteiger charge is 2.60. The molecule has 3 saturated carbocycles. The average molecular weight is 358 g/mol. The second-order valence-corrected chi connectivity index (χ2v) is 9.30. The van der Waals surface area contributed by atoms with Crippen molar-refractivity contribution in [3.05, 3.63) is 11.1 Å². The van der Waals surface area contributed by atoms with Crippen molar-refractivity contribution in [1.29, 1.82) is 0 Å². The molecule has 0 bridgehead atoms. The fourth-order valence-electron chi connectivity index (χ4n) is 7.02. The highest BCUT2D eigenvalue weighted by molar-refractivity contribution is 5.97. The topological polar surface area (TPSA) is 60.4 Å². The maximum atomic E-state index is 12.6. The van der Waals surface area contributed by atoms with Crippen LogP contribution in [0.25, 0.3) is 0 Å². The summed E-state index contributed by atoms with van der Waals surface area (Å²) in [4.78, 5) is 36.5. The number of rotatable bonds is 2. The monoisotopic (exact) mass is 358 g/mol. The van der Waals surface area contributed by atoms with Crippen LogP contribution in [0.3, 0.4) is 0 Å². The standard InChI is InChI=1S/C22H30O4/c1-13-16-5-4-15-17-6-7-20(25)21(17,3)10-8-18(15)22(16,11-9-19(13)24)12-26-14(2)23/h15,17-18H,4-12H2,1-3H3/t15-,17-,18+,21-,22+/m0/s1. The van der Waals surface area contributed by atoms with Gasteiger partial charge in [-0.15, -0.1) is 0 Å². The van der Waals surface area contributed by atoms with Crippen molar-refractivity contribution in [2.75, 3.05) is 6.61 Å². The van der Waals surface area contributed by atoms with Gasteiger partial charge in [-0.2, -0.15) is 0 Å². The Hall–Kier alpha value is -1.45. The van der Waals surface area contributed by atoms with Crippen LogP contribution in [0, 0.1) is 28.6 Å². The number of Topliss-reactive ketones (excluding diaryl/α,β-unsaturated/α-hetero) is 2. The van der Waals surface area contributed by atoms with E-state index in [1.54, 1.807) is 0 Å². The SMILES string of the molecule is CC(=O)OC[C@]12CCC(=O)C(C)=C1CC[C@@H]1[C@H]2CC[C@]2(C)C(=O)CC[C@@H]12. The van der Waals surface area contributed by atoms with Gasteiger partial charge in [0.2, 0.25) is 0 Å². The van der Waals surface area contributed by atoms with Gasteiger partial charge in [-0.3, -0.25) is 14.4 Å². The van der Waals surface area contributed by atoms with Gasteiger partial charge in [0, 0.05) is 30.6 Å². The van der Waals surface area contributed by atoms with Gasteiger partial charge in [0.15, 0.2) is 5.78 Å². The summed E-state index contributed by atoms with van der Waals surface area (Å²) in [5.74, 6) is 1.87. The van der Waals surface area contributed by atoms with E-state index in [1.165, 1.54) is 12.5 Å². The molecule has 4 aliphatic carbocycles. The summed E-state index contributed by atoms with van der Waals surface area (Å²) in [6, 6.07) is 0. The molecule has 0 amide bonds. The number of esters is 1. The lowest BCUT2D eigenvalue weighted by atomic mass is 9.46. The molecule has 0 heterocycles. The minimum Gasteiger partial charge on any atom is -0.465 e. The Labute approximate surface area is 155 Å². The molecule has 4 nitrogen and oxygen atoms in total. The van der Waals surface area contributed by atoms with Gasteiger partial charge in [0.05, 0.1) is 0 Å². The van der Waals surface area contributed by atoms with E-state index < -0.39 is 0 Å². The van der Waals surface area contributed by atoms with Crippen molar-refractivity contribution in [2.24, 2.45) is 28.6 Å². The van der Waals surface area contributed by atoms with Crippen LogP contribution in [0.1, 0.15) is 72.1 Å². The smallest absolute Gasteiger partial charge is 0.302 e. The Bertz CT molecular complexity index is 705. The lowest BCUT2D eigenvalue weighted by Crippen LogP contribution is -2.54. The molecule has 0 N–H and O–H groups in total. The summed E-state index contributed by atoms with van der Waals surface area (Å²) < 4.78 is 5.58. The van der Waals surface area contributed by atoms with Crippen molar-refractivity contribution < 1.29 is 19.1 Å². The first-order chi connectivity index (χ1) is 12.3. The van der Waals surface area contributed by atoms with Crippen LogP contribution in [0.5, 0.6) is 0 Å². The van der Waals surface area contributed by atoms with Gasteiger partial charge in [0.25, 0.3) is 0 Å². The summed E-state index contributed by atoms with van der Waals surface area (Å²) in [7, 11) is 0. The number of hydrogen-bond acceptors (Lipinski definition) is 4. The Morgan fingerprint density at radius 1 is 1.08 bits per heavy atom. The van der Waals surface area contributed by atoms with Gasteiger partial charge >= 0.3 is 5.97 Å². The summed E-state index contributed by atoms with van der Waals surface area (Å²) in [5.41, 5.74) is 1.84. The van der Waals surface area contributed by atoms with Crippen LogP contribution in [0.15, 0.2) is 11.1 Å². The third-order valence-electron chi connectivity index (χ3n) is 8.39. The van der Waals surface area contributed by atoms with E-state index in [1.807, 2.05) is 6.92 Å². The number of fused-ring (bicyclic) bond motifs is 5. The molecule has 142 valence electrons. The maximum absolute atomic E-state index is 12.6. The molecule has 5 atom stereocenters. The van der Waals surface area contributed by atoms with Gasteiger partial charge in [-0.1, -0.05) is 12.5 Å². The zero-order valence-electron chi connectivity index (χ0n) is 16.2. The minimum atomic E-state index is -0.243. The van der Waals surface area contributed by atoms with Crippen molar-refractivity contribution in [2.45, 2.75) is 72.1 Å². The third-order valence-corrected chi connectivity index (χ3v) is 8.39. The number of hydrogen-bond donors (Lipinski definition) is 0. The van der Waals surface area contributed by atoms with Crippen molar-refractivity contribution in [1.82, 2.24) is 0 Å². The van der Waals surface area contributed by atoms with E-state index in [4.69, 9.17) is 4.74 Å². The molecule has 3 fully saturated rings. The lowest BCUT2D eigenvalue weighted by molar-refractivity contribution is -0.150. The summed E-state index contributed by atoms with van der Waals surface area (Å²) in [6.07, 6.45) is 7.03. The number of ether oxygens (including phenoxy) is 1. The predicted octanol–water partition coefficient (Wildman–Crippen LogP) is 4.02. The Morgan fingerprint density at radius 3 is 2.58 bits per heavy atom. The summed E-state index contributed by atoms with van der Waals surface area (Å²) in [5, 5.41) is 0. The lowest BCUT2D eigenvalue weighted by Gasteiger charge is -2.58. The van der Waals surface area contributed by atoms with Crippen molar-refractivity contribution >= 4 is 17.5 Å². The van der Waals surface area contributed by atoms with Crippen LogP contribution in [0.2, 0.25) is 0 Å². The molecule has 4 aliphatic rings. The second kappa shape index (κ2) is 6.03. The van der Waals surface area contributed by atoms with Crippen LogP contribution < -0.4 is 0 Å². The molecule has 0 aliphatic heterocycles. The van der Waals surface area contributed by atoms with Crippen LogP contribution in [-0.2, 0) is 19.1 Å². The first kappa shape index (κ1) is 17.9. The van der Waals surface area contributed by atoms with Crippen molar-refractivity contribution in [3.63, 3.8) is 0 Å². The molecule has 4 rings (SSSR count). The number of ketones is 2. The quantitative estimate of drug-likeness (QED) is 0.700. The molecular formula is C22H30O4. The molecule has 0 radical (unpaired) electrons. The highest BCUT2D eigenvalue weighted by atomic mass is 16.5. The molecule has 0 aromatic heterocycles. The first-order valence-corrected chi connectivity index (χ1v) is 10.2. The van der Waals surface area contributed by atoms with Crippen LogP contribution in [0.4, 0.5) is 0 Å². The van der Waals surface area contributed by atoms with Gasteiger partial charge < -0.3 is 4.74 Å². The van der Waals surface area contributed by atoms with E-state index in [-0.39, 0.29) is 22.6 Å². The third kappa shape index (κ3) is 2.36. The molecule has 0 unspecified atom stereocenters. The zero-order chi connectivity index (χ0) is 18.7. The highest BCUT2D eigenvalue weighted by Crippen LogP contribution is 2.65. The van der Waals surface area contributed by atoms with Gasteiger partial charge in [0.1, 0.15) is 12.4 Å². The molecule has 0 aromatic rings. The van der Waals surface area contributed by atoms with Gasteiger partial charge in [-0.25, -0.2) is 0 Å². The molecule has 0 saturated heterocycles. The first-order valence-electron chi connectivity index (χ1n) is 10.2. The van der Waals surface area contributed by atoms with Gasteiger partial charge in [-0.05, 0) is 68.8 Å². The van der Waals surface area contributed by atoms with E-state index in [9.17, 15) is 14.4 Å². The Balaban J connectivity index is 1.75. The normalized spacial score (nSPS) is 42.2. The Kier molecular flexibility index (Phi) is 4.16. The minimum absolute atomic E-state index is 0.148. The number of carbonyl (C=O) groups excluding carboxylic acids is 3. The summed E-state index contributed by atoms with van der Waals surface area (Å²) in [6.45, 7) is 6.02. The molecule has 0 spiro atoms. The van der Waals surface area contributed by atoms with E-state index in [0.717, 1.165) is 50.5 Å².